The van der Waals surface area contributed by atoms with Crippen molar-refractivity contribution < 1.29 is 4.79 Å². The third kappa shape index (κ3) is 2.96. The predicted molar refractivity (Wildman–Crippen MR) is 57.0 cm³/mol. The Morgan fingerprint density at radius 1 is 1.50 bits per heavy atom. The summed E-state index contributed by atoms with van der Waals surface area (Å²) in [7, 11) is 2.11. The van der Waals surface area contributed by atoms with Crippen molar-refractivity contribution in [2.45, 2.75) is 31.7 Å². The van der Waals surface area contributed by atoms with E-state index in [1.54, 1.807) is 0 Å². The van der Waals surface area contributed by atoms with Gasteiger partial charge >= 0.3 is 0 Å². The van der Waals surface area contributed by atoms with E-state index in [0.29, 0.717) is 6.42 Å². The molecule has 1 saturated heterocycles. The summed E-state index contributed by atoms with van der Waals surface area (Å²) in [5.41, 5.74) is 5.25. The van der Waals surface area contributed by atoms with Crippen molar-refractivity contribution in [1.29, 1.82) is 0 Å². The lowest BCUT2D eigenvalue weighted by Gasteiger charge is -2.40. The van der Waals surface area contributed by atoms with Gasteiger partial charge in [0, 0.05) is 12.0 Å². The van der Waals surface area contributed by atoms with Gasteiger partial charge in [0.2, 0.25) is 5.91 Å². The minimum Gasteiger partial charge on any atom is -0.370 e. The number of primary amides is 1. The summed E-state index contributed by atoms with van der Waals surface area (Å²) in [6.45, 7) is 5.05. The maximum atomic E-state index is 11.0. The molecule has 0 aromatic carbocycles. The van der Waals surface area contributed by atoms with Crippen LogP contribution in [0.15, 0.2) is 0 Å². The number of hydrogen-bond acceptors (Lipinski definition) is 3. The molecule has 0 unspecified atom stereocenters. The molecule has 0 spiro atoms. The molecule has 4 nitrogen and oxygen atoms in total. The summed E-state index contributed by atoms with van der Waals surface area (Å²) >= 11 is 0. The molecule has 0 atom stereocenters. The van der Waals surface area contributed by atoms with E-state index in [9.17, 15) is 4.79 Å². The van der Waals surface area contributed by atoms with Gasteiger partial charge in [-0.15, -0.1) is 0 Å². The Hall–Kier alpha value is -0.610. The fraction of sp³-hybridized carbons (Fsp3) is 0.900. The molecule has 4 heteroatoms. The number of piperidine rings is 1. The lowest BCUT2D eigenvalue weighted by atomic mass is 9.84. The highest BCUT2D eigenvalue weighted by Gasteiger charge is 2.33. The average Bonchev–Trinajstić information content (AvgIpc) is 2.10. The third-order valence-corrected chi connectivity index (χ3v) is 3.01. The summed E-state index contributed by atoms with van der Waals surface area (Å²) in [4.78, 5) is 13.3. The van der Waals surface area contributed by atoms with Crippen LogP contribution < -0.4 is 11.1 Å². The molecule has 1 aliphatic heterocycles. The van der Waals surface area contributed by atoms with Crippen molar-refractivity contribution in [3.8, 4) is 0 Å². The highest BCUT2D eigenvalue weighted by atomic mass is 16.1. The van der Waals surface area contributed by atoms with Crippen LogP contribution in [0.4, 0.5) is 0 Å². The van der Waals surface area contributed by atoms with E-state index in [1.165, 1.54) is 0 Å². The Bertz CT molecular complexity index is 198. The van der Waals surface area contributed by atoms with E-state index in [-0.39, 0.29) is 11.4 Å². The van der Waals surface area contributed by atoms with Crippen LogP contribution in [-0.2, 0) is 4.79 Å². The van der Waals surface area contributed by atoms with Crippen LogP contribution in [0.5, 0.6) is 0 Å². The van der Waals surface area contributed by atoms with Crippen molar-refractivity contribution in [2.24, 2.45) is 5.73 Å². The number of hydrogen-bond donors (Lipinski definition) is 2. The van der Waals surface area contributed by atoms with E-state index < -0.39 is 0 Å². The number of carbonyl (C=O) groups is 1. The normalized spacial score (nSPS) is 22.1. The van der Waals surface area contributed by atoms with Gasteiger partial charge in [0.05, 0.1) is 0 Å². The second kappa shape index (κ2) is 4.75. The van der Waals surface area contributed by atoms with Crippen LogP contribution in [0.2, 0.25) is 0 Å². The van der Waals surface area contributed by atoms with Crippen LogP contribution >= 0.6 is 0 Å². The quantitative estimate of drug-likeness (QED) is 0.666. The minimum atomic E-state index is -0.199. The van der Waals surface area contributed by atoms with Gasteiger partial charge in [-0.2, -0.15) is 0 Å². The van der Waals surface area contributed by atoms with Gasteiger partial charge < -0.3 is 16.0 Å². The Labute approximate surface area is 85.8 Å². The Morgan fingerprint density at radius 2 is 2.07 bits per heavy atom. The monoisotopic (exact) mass is 199 g/mol. The topological polar surface area (TPSA) is 58.4 Å². The first-order chi connectivity index (χ1) is 6.58. The molecule has 1 heterocycles. The van der Waals surface area contributed by atoms with Gasteiger partial charge in [0.1, 0.15) is 0 Å². The lowest BCUT2D eigenvalue weighted by Crippen LogP contribution is -2.54. The molecular formula is C10H21N3O. The summed E-state index contributed by atoms with van der Waals surface area (Å²) in [6, 6.07) is 0. The second-order valence-electron chi connectivity index (χ2n) is 4.26. The van der Waals surface area contributed by atoms with Crippen LogP contribution in [0.25, 0.3) is 0 Å². The molecule has 0 aromatic rings. The van der Waals surface area contributed by atoms with Gasteiger partial charge in [-0.05, 0) is 39.5 Å². The first-order valence-electron chi connectivity index (χ1n) is 5.30. The van der Waals surface area contributed by atoms with Gasteiger partial charge in [0.25, 0.3) is 0 Å². The van der Waals surface area contributed by atoms with E-state index in [1.807, 2.05) is 0 Å². The third-order valence-electron chi connectivity index (χ3n) is 3.01. The Kier molecular flexibility index (Phi) is 3.89. The van der Waals surface area contributed by atoms with Crippen molar-refractivity contribution in [3.05, 3.63) is 0 Å². The van der Waals surface area contributed by atoms with E-state index in [0.717, 1.165) is 32.5 Å². The molecule has 1 aliphatic rings. The second-order valence-corrected chi connectivity index (χ2v) is 4.26. The molecule has 0 radical (unpaired) electrons. The molecule has 82 valence electrons. The van der Waals surface area contributed by atoms with Crippen LogP contribution in [0.3, 0.4) is 0 Å². The number of carbonyl (C=O) groups excluding carboxylic acids is 1. The molecule has 1 fully saturated rings. The zero-order valence-corrected chi connectivity index (χ0v) is 9.18. The molecule has 1 rings (SSSR count). The van der Waals surface area contributed by atoms with Gasteiger partial charge in [-0.25, -0.2) is 0 Å². The fourth-order valence-corrected chi connectivity index (χ4v) is 2.17. The summed E-state index contributed by atoms with van der Waals surface area (Å²) < 4.78 is 0. The first-order valence-corrected chi connectivity index (χ1v) is 5.30. The highest BCUT2D eigenvalue weighted by Crippen LogP contribution is 2.24. The van der Waals surface area contributed by atoms with Crippen molar-refractivity contribution in [1.82, 2.24) is 10.2 Å². The van der Waals surface area contributed by atoms with Crippen LogP contribution in [0, 0.1) is 0 Å². The molecule has 3 N–H and O–H groups in total. The summed E-state index contributed by atoms with van der Waals surface area (Å²) in [5, 5.41) is 3.42. The largest absolute Gasteiger partial charge is 0.370 e. The molecule has 1 amide bonds. The smallest absolute Gasteiger partial charge is 0.219 e. The van der Waals surface area contributed by atoms with Gasteiger partial charge in [-0.1, -0.05) is 6.92 Å². The highest BCUT2D eigenvalue weighted by molar-refractivity contribution is 5.75. The Morgan fingerprint density at radius 3 is 2.50 bits per heavy atom. The van der Waals surface area contributed by atoms with E-state index in [2.05, 4.69) is 24.2 Å². The minimum absolute atomic E-state index is 0.0346. The van der Waals surface area contributed by atoms with Crippen molar-refractivity contribution in [2.75, 3.05) is 26.7 Å². The standard InChI is InChI=1S/C10H21N3O/c1-3-12-10(8-9(11)14)4-6-13(2)7-5-10/h12H,3-8H2,1-2H3,(H2,11,14). The average molecular weight is 199 g/mol. The molecule has 0 bridgehead atoms. The van der Waals surface area contributed by atoms with E-state index >= 15 is 0 Å². The fourth-order valence-electron chi connectivity index (χ4n) is 2.17. The van der Waals surface area contributed by atoms with Crippen molar-refractivity contribution >= 4 is 5.91 Å². The van der Waals surface area contributed by atoms with Crippen LogP contribution in [0.1, 0.15) is 26.2 Å². The van der Waals surface area contributed by atoms with Crippen LogP contribution in [-0.4, -0.2) is 43.0 Å². The van der Waals surface area contributed by atoms with Gasteiger partial charge in [0.15, 0.2) is 0 Å². The Balaban J connectivity index is 2.57. The molecule has 0 aliphatic carbocycles. The number of likely N-dealkylation sites (tertiary alicyclic amines) is 1. The predicted octanol–water partition coefficient (Wildman–Crippen LogP) is -0.0643. The van der Waals surface area contributed by atoms with E-state index in [4.69, 9.17) is 5.73 Å². The number of nitrogens with two attached hydrogens (primary N) is 1. The number of rotatable bonds is 4. The lowest BCUT2D eigenvalue weighted by molar-refractivity contribution is -0.120. The summed E-state index contributed by atoms with van der Waals surface area (Å²) in [5.74, 6) is -0.199. The number of nitrogens with zero attached hydrogens (tertiary/aromatic N) is 1. The van der Waals surface area contributed by atoms with Crippen molar-refractivity contribution in [3.63, 3.8) is 0 Å². The molecular weight excluding hydrogens is 178 g/mol. The molecule has 0 saturated carbocycles. The number of nitrogens with one attached hydrogen (secondary N) is 1. The SMILES string of the molecule is CCNC1(CC(N)=O)CCN(C)CC1. The summed E-state index contributed by atoms with van der Waals surface area (Å²) in [6.07, 6.45) is 2.50. The maximum absolute atomic E-state index is 11.0. The maximum Gasteiger partial charge on any atom is 0.219 e. The molecule has 0 aromatic heterocycles. The number of amides is 1. The molecule has 14 heavy (non-hydrogen) atoms. The van der Waals surface area contributed by atoms with Gasteiger partial charge in [-0.3, -0.25) is 4.79 Å². The zero-order chi connectivity index (χ0) is 10.6. The first kappa shape index (κ1) is 11.5. The zero-order valence-electron chi connectivity index (χ0n) is 9.18.